The Morgan fingerprint density at radius 1 is 0.931 bits per heavy atom. The van der Waals surface area contributed by atoms with Gasteiger partial charge in [-0.3, -0.25) is 24.2 Å². The molecule has 2 fully saturated rings. The van der Waals surface area contributed by atoms with E-state index in [4.69, 9.17) is 5.11 Å². The number of likely N-dealkylation sites (N-methyl/N-ethyl adjacent to an activating group) is 1. The van der Waals surface area contributed by atoms with Gasteiger partial charge in [-0.1, -0.05) is 0 Å². The number of carboxylic acid groups (broad SMARTS) is 1. The highest BCUT2D eigenvalue weighted by atomic mass is 16.4. The Labute approximate surface area is 173 Å². The average Bonchev–Trinajstić information content (AvgIpc) is 3.10. The molecule has 166 valence electrons. The van der Waals surface area contributed by atoms with E-state index in [0.717, 1.165) is 52.1 Å². The lowest BCUT2D eigenvalue weighted by atomic mass is 10.2. The van der Waals surface area contributed by atoms with Crippen LogP contribution >= 0.6 is 0 Å². The molecule has 0 bridgehead atoms. The second kappa shape index (κ2) is 12.8. The van der Waals surface area contributed by atoms with E-state index in [0.29, 0.717) is 44.9 Å². The van der Waals surface area contributed by atoms with Crippen molar-refractivity contribution >= 4 is 17.8 Å². The molecule has 1 unspecified atom stereocenters. The lowest BCUT2D eigenvalue weighted by Gasteiger charge is -2.36. The summed E-state index contributed by atoms with van der Waals surface area (Å²) in [5.41, 5.74) is 0. The molecule has 9 nitrogen and oxygen atoms in total. The maximum atomic E-state index is 12.3. The third kappa shape index (κ3) is 9.56. The summed E-state index contributed by atoms with van der Waals surface area (Å²) < 4.78 is 0. The number of amides is 2. The van der Waals surface area contributed by atoms with Crippen LogP contribution < -0.4 is 10.6 Å². The minimum Gasteiger partial charge on any atom is -0.481 e. The van der Waals surface area contributed by atoms with E-state index < -0.39 is 5.97 Å². The molecule has 2 rings (SSSR count). The number of hydrogen-bond donors (Lipinski definition) is 3. The zero-order chi connectivity index (χ0) is 21.1. The Bertz CT molecular complexity index is 537. The number of rotatable bonds is 12. The zero-order valence-corrected chi connectivity index (χ0v) is 17.7. The maximum Gasteiger partial charge on any atom is 0.303 e. The van der Waals surface area contributed by atoms with E-state index >= 15 is 0 Å². The normalized spacial score (nSPS) is 21.2. The molecule has 0 aromatic carbocycles. The molecule has 0 aliphatic carbocycles. The van der Waals surface area contributed by atoms with Crippen LogP contribution in [-0.4, -0.2) is 110 Å². The summed E-state index contributed by atoms with van der Waals surface area (Å²) in [5, 5.41) is 14.2. The quantitative estimate of drug-likeness (QED) is 0.223. The second-order valence-corrected chi connectivity index (χ2v) is 8.17. The van der Waals surface area contributed by atoms with Crippen LogP contribution in [-0.2, 0) is 14.4 Å². The third-order valence-electron chi connectivity index (χ3n) is 5.70. The van der Waals surface area contributed by atoms with Gasteiger partial charge in [-0.05, 0) is 39.3 Å². The fourth-order valence-electron chi connectivity index (χ4n) is 3.91. The van der Waals surface area contributed by atoms with Gasteiger partial charge in [0, 0.05) is 64.7 Å². The van der Waals surface area contributed by atoms with E-state index in [9.17, 15) is 14.4 Å². The Balaban J connectivity index is 1.55. The molecule has 0 radical (unpaired) electrons. The second-order valence-electron chi connectivity index (χ2n) is 8.17. The Kier molecular flexibility index (Phi) is 10.4. The molecule has 2 amide bonds. The molecule has 3 N–H and O–H groups in total. The molecule has 0 aromatic heterocycles. The molecule has 0 spiro atoms. The predicted octanol–water partition coefficient (Wildman–Crippen LogP) is -0.424. The molecule has 0 aromatic rings. The number of carbonyl (C=O) groups is 3. The van der Waals surface area contributed by atoms with Crippen molar-refractivity contribution < 1.29 is 19.5 Å². The van der Waals surface area contributed by atoms with E-state index in [1.54, 1.807) is 0 Å². The zero-order valence-electron chi connectivity index (χ0n) is 17.7. The summed E-state index contributed by atoms with van der Waals surface area (Å²) in [7, 11) is 2.16. The van der Waals surface area contributed by atoms with Crippen molar-refractivity contribution in [2.24, 2.45) is 0 Å². The monoisotopic (exact) mass is 422 g/mol. The summed E-state index contributed by atoms with van der Waals surface area (Å²) in [5.74, 6) is -0.931. The first kappa shape index (κ1) is 23.6. The van der Waals surface area contributed by atoms with Crippen molar-refractivity contribution in [1.82, 2.24) is 25.3 Å². The molecule has 29 heavy (non-hydrogen) atoms. The Hall–Kier alpha value is -1.71. The number of hydrogen-bond acceptors (Lipinski definition) is 6. The van der Waals surface area contributed by atoms with Gasteiger partial charge in [0.05, 0.1) is 6.54 Å². The molecular weight excluding hydrogens is 385 g/mol. The fourth-order valence-corrected chi connectivity index (χ4v) is 3.91. The van der Waals surface area contributed by atoms with Crippen LogP contribution in [0, 0.1) is 0 Å². The smallest absolute Gasteiger partial charge is 0.303 e. The van der Waals surface area contributed by atoms with Crippen molar-refractivity contribution in [3.63, 3.8) is 0 Å². The number of nitrogens with one attached hydrogen (secondary N) is 2. The molecule has 2 aliphatic heterocycles. The van der Waals surface area contributed by atoms with Crippen LogP contribution in [0.15, 0.2) is 0 Å². The molecule has 0 saturated carbocycles. The Morgan fingerprint density at radius 3 is 2.28 bits per heavy atom. The standard InChI is InChI=1S/C20H37N5O4/c1-23-11-13-24(14-12-23)15-17-5-4-10-25(17)16-19(27)22-8-2-6-18(26)21-9-3-7-20(28)29/h17H,2-16H2,1H3,(H,21,26)(H,22,27)(H,28,29)/i2+1,3+1,6+1,7+1,8+1,9+1,11+1,13+1,18+1,21+1,22+1. The van der Waals surface area contributed by atoms with E-state index in [1.165, 1.54) is 0 Å². The van der Waals surface area contributed by atoms with E-state index in [-0.39, 0.29) is 18.2 Å². The van der Waals surface area contributed by atoms with Gasteiger partial charge in [0.2, 0.25) is 11.8 Å². The van der Waals surface area contributed by atoms with E-state index in [1.807, 2.05) is 0 Å². The number of piperazine rings is 1. The molecule has 9 heteroatoms. The van der Waals surface area contributed by atoms with Crippen LogP contribution in [0.1, 0.15) is 38.5 Å². The predicted molar refractivity (Wildman–Crippen MR) is 111 cm³/mol. The first-order chi connectivity index (χ1) is 13.9. The highest BCUT2D eigenvalue weighted by Crippen LogP contribution is 2.18. The van der Waals surface area contributed by atoms with Gasteiger partial charge >= 0.3 is 5.97 Å². The lowest BCUT2D eigenvalue weighted by Crippen LogP contribution is -2.50. The van der Waals surface area contributed by atoms with Gasteiger partial charge < -0.3 is 20.6 Å². The minimum absolute atomic E-state index is 0.0251. The molecule has 1 atom stereocenters. The number of carboxylic acids is 1. The Morgan fingerprint density at radius 2 is 1.59 bits per heavy atom. The van der Waals surface area contributed by atoms with Gasteiger partial charge in [-0.25, -0.2) is 0 Å². The van der Waals surface area contributed by atoms with Crippen molar-refractivity contribution in [1.29, 1.82) is 0 Å². The highest BCUT2D eigenvalue weighted by Gasteiger charge is 2.28. The van der Waals surface area contributed by atoms with E-state index in [2.05, 4.69) is 32.4 Å². The minimum atomic E-state index is -0.856. The lowest BCUT2D eigenvalue weighted by molar-refractivity contribution is -0.137. The molecular formula is C20H37N5O4. The summed E-state index contributed by atoms with van der Waals surface area (Å²) in [6.45, 7) is 7.74. The van der Waals surface area contributed by atoms with Gasteiger partial charge in [-0.15, -0.1) is 0 Å². The first-order valence-electron chi connectivity index (χ1n) is 10.8. The van der Waals surface area contributed by atoms with Crippen LogP contribution in [0.5, 0.6) is 0 Å². The van der Waals surface area contributed by atoms with Gasteiger partial charge in [0.25, 0.3) is 0 Å². The van der Waals surface area contributed by atoms with Crippen LogP contribution in [0.3, 0.4) is 0 Å². The summed E-state index contributed by atoms with van der Waals surface area (Å²) >= 11 is 0. The summed E-state index contributed by atoms with van der Waals surface area (Å²) in [4.78, 5) is 41.5. The third-order valence-corrected chi connectivity index (χ3v) is 5.70. The number of aliphatic carboxylic acids is 1. The number of carbonyl (C=O) groups excluding carboxylic acids is 2. The number of nitrogens with zero attached hydrogens (tertiary/aromatic N) is 3. The highest BCUT2D eigenvalue weighted by molar-refractivity contribution is 5.78. The SMILES string of the molecule is CN1CCN(CC2CCCN2CC(=O)[15NH][13CH2][13CH2][13CH2][13C](=O)[15NH][13CH2][13CH2][13CH2]C(=O)O)[13CH2][13CH2]1. The van der Waals surface area contributed by atoms with Crippen molar-refractivity contribution in [3.05, 3.63) is 0 Å². The first-order valence-corrected chi connectivity index (χ1v) is 10.8. The molecule has 2 saturated heterocycles. The maximum absolute atomic E-state index is 12.3. The average molecular weight is 422 g/mol. The molecule has 2 aliphatic rings. The number of likely N-dealkylation sites (tertiary alicyclic amines) is 1. The summed E-state index contributed by atoms with van der Waals surface area (Å²) in [6.07, 6.45) is 3.71. The van der Waals surface area contributed by atoms with Crippen LogP contribution in [0.4, 0.5) is 0 Å². The molecule has 2 heterocycles. The van der Waals surface area contributed by atoms with Gasteiger partial charge in [0.1, 0.15) is 0 Å². The van der Waals surface area contributed by atoms with Crippen molar-refractivity contribution in [3.8, 4) is 0 Å². The van der Waals surface area contributed by atoms with Gasteiger partial charge in [0.15, 0.2) is 0 Å². The van der Waals surface area contributed by atoms with Gasteiger partial charge in [-0.2, -0.15) is 0 Å². The topological polar surface area (TPSA) is 105 Å². The van der Waals surface area contributed by atoms with Crippen molar-refractivity contribution in [2.75, 3.05) is 66.0 Å². The van der Waals surface area contributed by atoms with Crippen molar-refractivity contribution in [2.45, 2.75) is 44.6 Å². The largest absolute Gasteiger partial charge is 0.481 e. The van der Waals surface area contributed by atoms with Crippen LogP contribution in [0.25, 0.3) is 0 Å². The fraction of sp³-hybridized carbons (Fsp3) is 0.850. The van der Waals surface area contributed by atoms with Crippen LogP contribution in [0.2, 0.25) is 0 Å². The summed E-state index contributed by atoms with van der Waals surface area (Å²) in [6, 6.07) is 0.459.